The Morgan fingerprint density at radius 2 is 2.00 bits per heavy atom. The summed E-state index contributed by atoms with van der Waals surface area (Å²) in [5.74, 6) is -0.499. The second kappa shape index (κ2) is 3.29. The summed E-state index contributed by atoms with van der Waals surface area (Å²) in [6, 6.07) is -0.107. The van der Waals surface area contributed by atoms with Crippen molar-refractivity contribution in [3.05, 3.63) is 0 Å². The van der Waals surface area contributed by atoms with Crippen molar-refractivity contribution < 1.29 is 13.2 Å². The molecule has 0 N–H and O–H groups in total. The fraction of sp³-hybridized carbons (Fsp3) is 0.875. The molecule has 0 radical (unpaired) electrons. The standard InChI is InChI=1S/C8H15NO3S/c1-6(2)9-7(3)4-13(11,12)5-8(9)10/h6-7H,4-5H2,1-3H3. The topological polar surface area (TPSA) is 54.5 Å². The lowest BCUT2D eigenvalue weighted by molar-refractivity contribution is -0.132. The van der Waals surface area contributed by atoms with Gasteiger partial charge in [0.2, 0.25) is 5.91 Å². The van der Waals surface area contributed by atoms with Crippen LogP contribution in [0.1, 0.15) is 20.8 Å². The summed E-state index contributed by atoms with van der Waals surface area (Å²) in [5.41, 5.74) is 0. The first-order valence-corrected chi connectivity index (χ1v) is 6.17. The minimum Gasteiger partial charge on any atom is -0.336 e. The number of rotatable bonds is 1. The summed E-state index contributed by atoms with van der Waals surface area (Å²) >= 11 is 0. The highest BCUT2D eigenvalue weighted by Gasteiger charge is 2.35. The maximum Gasteiger partial charge on any atom is 0.238 e. The molecule has 13 heavy (non-hydrogen) atoms. The third-order valence-electron chi connectivity index (χ3n) is 2.16. The molecule has 0 bridgehead atoms. The molecule has 0 spiro atoms. The van der Waals surface area contributed by atoms with E-state index in [9.17, 15) is 13.2 Å². The van der Waals surface area contributed by atoms with Gasteiger partial charge in [0.1, 0.15) is 5.75 Å². The average Bonchev–Trinajstić information content (AvgIpc) is 1.78. The van der Waals surface area contributed by atoms with Gasteiger partial charge in [0, 0.05) is 12.1 Å². The minimum atomic E-state index is -3.14. The summed E-state index contributed by atoms with van der Waals surface area (Å²) in [7, 11) is -3.14. The highest BCUT2D eigenvalue weighted by molar-refractivity contribution is 7.92. The van der Waals surface area contributed by atoms with Gasteiger partial charge in [-0.05, 0) is 20.8 Å². The molecule has 1 fully saturated rings. The van der Waals surface area contributed by atoms with Crippen LogP contribution >= 0.6 is 0 Å². The first kappa shape index (κ1) is 10.5. The first-order chi connectivity index (χ1) is 5.83. The van der Waals surface area contributed by atoms with Gasteiger partial charge in [-0.3, -0.25) is 4.79 Å². The van der Waals surface area contributed by atoms with Gasteiger partial charge in [-0.25, -0.2) is 8.42 Å². The number of hydrogen-bond acceptors (Lipinski definition) is 3. The van der Waals surface area contributed by atoms with Crippen LogP contribution in [0.15, 0.2) is 0 Å². The summed E-state index contributed by atoms with van der Waals surface area (Å²) in [6.07, 6.45) is 0. The Kier molecular flexibility index (Phi) is 2.66. The van der Waals surface area contributed by atoms with Crippen molar-refractivity contribution in [2.75, 3.05) is 11.5 Å². The van der Waals surface area contributed by atoms with Crippen molar-refractivity contribution in [2.24, 2.45) is 0 Å². The van der Waals surface area contributed by atoms with Gasteiger partial charge in [-0.1, -0.05) is 0 Å². The first-order valence-electron chi connectivity index (χ1n) is 4.35. The lowest BCUT2D eigenvalue weighted by atomic mass is 10.2. The number of carbonyl (C=O) groups is 1. The lowest BCUT2D eigenvalue weighted by Gasteiger charge is -2.36. The Morgan fingerprint density at radius 3 is 2.38 bits per heavy atom. The normalized spacial score (nSPS) is 28.2. The molecule has 1 rings (SSSR count). The number of nitrogens with zero attached hydrogens (tertiary/aromatic N) is 1. The molecule has 5 heteroatoms. The van der Waals surface area contributed by atoms with Crippen LogP contribution in [0.2, 0.25) is 0 Å². The number of hydrogen-bond donors (Lipinski definition) is 0. The van der Waals surface area contributed by atoms with Crippen molar-refractivity contribution in [1.29, 1.82) is 0 Å². The maximum atomic E-state index is 11.4. The Morgan fingerprint density at radius 1 is 1.46 bits per heavy atom. The number of amides is 1. The second-order valence-corrected chi connectivity index (χ2v) is 5.91. The molecule has 0 aromatic rings. The van der Waals surface area contributed by atoms with E-state index in [1.165, 1.54) is 0 Å². The molecule has 1 aliphatic heterocycles. The Balaban J connectivity index is 2.89. The molecule has 0 aliphatic carbocycles. The van der Waals surface area contributed by atoms with Crippen molar-refractivity contribution in [3.8, 4) is 0 Å². The van der Waals surface area contributed by atoms with Crippen LogP contribution in [0, 0.1) is 0 Å². The van der Waals surface area contributed by atoms with E-state index in [-0.39, 0.29) is 29.5 Å². The van der Waals surface area contributed by atoms with Crippen molar-refractivity contribution in [1.82, 2.24) is 4.90 Å². The molecule has 76 valence electrons. The van der Waals surface area contributed by atoms with E-state index >= 15 is 0 Å². The number of carbonyl (C=O) groups excluding carboxylic acids is 1. The molecule has 1 atom stereocenters. The van der Waals surface area contributed by atoms with Crippen LogP contribution in [0.3, 0.4) is 0 Å². The van der Waals surface area contributed by atoms with E-state index < -0.39 is 9.84 Å². The molecule has 1 heterocycles. The third-order valence-corrected chi connectivity index (χ3v) is 3.83. The SMILES string of the molecule is CC(C)N1C(=O)CS(=O)(=O)CC1C. The van der Waals surface area contributed by atoms with Gasteiger partial charge in [0.15, 0.2) is 9.84 Å². The Bertz CT molecular complexity index is 307. The lowest BCUT2D eigenvalue weighted by Crippen LogP contribution is -2.53. The average molecular weight is 205 g/mol. The second-order valence-electron chi connectivity index (χ2n) is 3.80. The van der Waals surface area contributed by atoms with Crippen LogP contribution < -0.4 is 0 Å². The zero-order chi connectivity index (χ0) is 10.2. The van der Waals surface area contributed by atoms with E-state index in [1.807, 2.05) is 13.8 Å². The minimum absolute atomic E-state index is 0.0815. The van der Waals surface area contributed by atoms with Crippen molar-refractivity contribution in [3.63, 3.8) is 0 Å². The molecule has 4 nitrogen and oxygen atoms in total. The van der Waals surface area contributed by atoms with E-state index in [2.05, 4.69) is 0 Å². The predicted octanol–water partition coefficient (Wildman–Crippen LogP) is 0.0403. The smallest absolute Gasteiger partial charge is 0.238 e. The molecular formula is C8H15NO3S. The maximum absolute atomic E-state index is 11.4. The predicted molar refractivity (Wildman–Crippen MR) is 50.1 cm³/mol. The van der Waals surface area contributed by atoms with Crippen molar-refractivity contribution >= 4 is 15.7 Å². The molecule has 0 aromatic heterocycles. The van der Waals surface area contributed by atoms with Gasteiger partial charge in [-0.2, -0.15) is 0 Å². The molecule has 0 aromatic carbocycles. The van der Waals surface area contributed by atoms with Gasteiger partial charge in [-0.15, -0.1) is 0 Å². The summed E-state index contributed by atoms with van der Waals surface area (Å²) in [6.45, 7) is 5.56. The highest BCUT2D eigenvalue weighted by atomic mass is 32.2. The van der Waals surface area contributed by atoms with Crippen LogP contribution in [0.4, 0.5) is 0 Å². The summed E-state index contributed by atoms with van der Waals surface area (Å²) in [4.78, 5) is 13.0. The largest absolute Gasteiger partial charge is 0.336 e. The zero-order valence-electron chi connectivity index (χ0n) is 8.15. The van der Waals surface area contributed by atoms with Crippen LogP contribution in [-0.4, -0.2) is 42.8 Å². The third kappa shape index (κ3) is 2.21. The van der Waals surface area contributed by atoms with Gasteiger partial charge in [0.25, 0.3) is 0 Å². The van der Waals surface area contributed by atoms with Gasteiger partial charge >= 0.3 is 0 Å². The van der Waals surface area contributed by atoms with Crippen molar-refractivity contribution in [2.45, 2.75) is 32.9 Å². The zero-order valence-corrected chi connectivity index (χ0v) is 8.97. The van der Waals surface area contributed by atoms with E-state index in [0.29, 0.717) is 0 Å². The highest BCUT2D eigenvalue weighted by Crippen LogP contribution is 2.15. The van der Waals surface area contributed by atoms with Crippen LogP contribution in [0.5, 0.6) is 0 Å². The molecule has 1 unspecified atom stereocenters. The molecule has 1 saturated heterocycles. The summed E-state index contributed by atoms with van der Waals surface area (Å²) < 4.78 is 22.4. The molecule has 1 amide bonds. The Labute approximate surface area is 78.8 Å². The molecular weight excluding hydrogens is 190 g/mol. The van der Waals surface area contributed by atoms with E-state index in [0.717, 1.165) is 0 Å². The monoisotopic (exact) mass is 205 g/mol. The van der Waals surface area contributed by atoms with Gasteiger partial charge < -0.3 is 4.90 Å². The van der Waals surface area contributed by atoms with E-state index in [1.54, 1.807) is 11.8 Å². The van der Waals surface area contributed by atoms with Crippen LogP contribution in [-0.2, 0) is 14.6 Å². The Hall–Kier alpha value is -0.580. The van der Waals surface area contributed by atoms with E-state index in [4.69, 9.17) is 0 Å². The summed E-state index contributed by atoms with van der Waals surface area (Å²) in [5, 5.41) is 0. The fourth-order valence-electron chi connectivity index (χ4n) is 1.81. The van der Waals surface area contributed by atoms with Gasteiger partial charge in [0.05, 0.1) is 5.75 Å². The number of sulfone groups is 1. The fourth-order valence-corrected chi connectivity index (χ4v) is 3.35. The molecule has 0 saturated carbocycles. The quantitative estimate of drug-likeness (QED) is 0.607. The van der Waals surface area contributed by atoms with Crippen LogP contribution in [0.25, 0.3) is 0 Å². The molecule has 1 aliphatic rings.